The van der Waals surface area contributed by atoms with Gasteiger partial charge in [0.1, 0.15) is 5.82 Å². The highest BCUT2D eigenvalue weighted by molar-refractivity contribution is 5.79. The minimum Gasteiger partial charge on any atom is -0.357 e. The van der Waals surface area contributed by atoms with Crippen LogP contribution in [0.2, 0.25) is 0 Å². The second kappa shape index (κ2) is 11.3. The molecule has 0 amide bonds. The number of aliphatic imine (C=N–C) groups is 1. The molecule has 0 aliphatic rings. The van der Waals surface area contributed by atoms with Gasteiger partial charge < -0.3 is 15.5 Å². The first-order valence-electron chi connectivity index (χ1n) is 10.5. The molecule has 0 radical (unpaired) electrons. The molecule has 0 fully saturated rings. The molecule has 0 bridgehead atoms. The number of nitrogens with one attached hydrogen (secondary N) is 2. The van der Waals surface area contributed by atoms with E-state index in [9.17, 15) is 4.39 Å². The van der Waals surface area contributed by atoms with Crippen LogP contribution in [0.15, 0.2) is 65.9 Å². The van der Waals surface area contributed by atoms with Crippen molar-refractivity contribution in [2.45, 2.75) is 33.1 Å². The van der Waals surface area contributed by atoms with Gasteiger partial charge in [-0.2, -0.15) is 5.10 Å². The number of hydrogen-bond donors (Lipinski definition) is 2. The molecule has 2 aromatic carbocycles. The predicted molar refractivity (Wildman–Crippen MR) is 123 cm³/mol. The first kappa shape index (κ1) is 22.5. The molecule has 1 heterocycles. The minimum absolute atomic E-state index is 0.180. The molecular weight excluding hydrogens is 391 g/mol. The molecule has 6 nitrogen and oxygen atoms in total. The molecule has 0 aliphatic carbocycles. The molecule has 164 valence electrons. The number of guanidine groups is 1. The second-order valence-corrected chi connectivity index (χ2v) is 7.68. The Labute approximate surface area is 183 Å². The van der Waals surface area contributed by atoms with Crippen LogP contribution in [0.1, 0.15) is 29.2 Å². The molecule has 0 spiro atoms. The number of benzene rings is 2. The zero-order valence-electron chi connectivity index (χ0n) is 18.5. The van der Waals surface area contributed by atoms with Gasteiger partial charge in [0.15, 0.2) is 5.96 Å². The zero-order chi connectivity index (χ0) is 22.1. The average Bonchev–Trinajstić information content (AvgIpc) is 3.26. The highest BCUT2D eigenvalue weighted by Gasteiger charge is 2.07. The van der Waals surface area contributed by atoms with E-state index in [0.717, 1.165) is 24.6 Å². The summed E-state index contributed by atoms with van der Waals surface area (Å²) in [7, 11) is 3.86. The van der Waals surface area contributed by atoms with E-state index in [1.165, 1.54) is 17.2 Å². The van der Waals surface area contributed by atoms with Gasteiger partial charge in [-0.05, 0) is 55.9 Å². The van der Waals surface area contributed by atoms with Crippen molar-refractivity contribution >= 4 is 5.96 Å². The Bertz CT molecular complexity index is 981. The van der Waals surface area contributed by atoms with E-state index < -0.39 is 0 Å². The number of rotatable bonds is 9. The molecule has 0 saturated carbocycles. The van der Waals surface area contributed by atoms with E-state index in [2.05, 4.69) is 27.9 Å². The summed E-state index contributed by atoms with van der Waals surface area (Å²) >= 11 is 0. The molecule has 3 rings (SSSR count). The molecule has 3 aromatic rings. The van der Waals surface area contributed by atoms with Crippen LogP contribution in [0, 0.1) is 5.82 Å². The molecule has 7 heteroatoms. The quantitative estimate of drug-likeness (QED) is 0.410. The lowest BCUT2D eigenvalue weighted by Crippen LogP contribution is -2.37. The summed E-state index contributed by atoms with van der Waals surface area (Å²) in [5.74, 6) is 0.551. The summed E-state index contributed by atoms with van der Waals surface area (Å²) in [6, 6.07) is 15.4. The highest BCUT2D eigenvalue weighted by atomic mass is 19.1. The maximum absolute atomic E-state index is 14.0. The Kier molecular flexibility index (Phi) is 8.18. The van der Waals surface area contributed by atoms with Gasteiger partial charge in [0.05, 0.1) is 13.1 Å². The van der Waals surface area contributed by atoms with Gasteiger partial charge in [-0.15, -0.1) is 0 Å². The molecule has 0 atom stereocenters. The van der Waals surface area contributed by atoms with Crippen molar-refractivity contribution in [1.82, 2.24) is 25.3 Å². The van der Waals surface area contributed by atoms with Crippen LogP contribution < -0.4 is 10.6 Å². The Morgan fingerprint density at radius 1 is 1.06 bits per heavy atom. The van der Waals surface area contributed by atoms with Gasteiger partial charge in [-0.1, -0.05) is 30.3 Å². The van der Waals surface area contributed by atoms with E-state index in [0.29, 0.717) is 25.2 Å². The number of hydrogen-bond acceptors (Lipinski definition) is 3. The van der Waals surface area contributed by atoms with Crippen LogP contribution in [-0.4, -0.2) is 41.3 Å². The molecular formula is C24H31FN6. The fourth-order valence-electron chi connectivity index (χ4n) is 3.33. The maximum atomic E-state index is 14.0. The highest BCUT2D eigenvalue weighted by Crippen LogP contribution is 2.13. The smallest absolute Gasteiger partial charge is 0.191 e. The Balaban J connectivity index is 1.67. The summed E-state index contributed by atoms with van der Waals surface area (Å²) in [6.45, 7) is 5.22. The number of nitrogens with zero attached hydrogens (tertiary/aromatic N) is 4. The third-order valence-corrected chi connectivity index (χ3v) is 4.82. The number of halogens is 1. The van der Waals surface area contributed by atoms with Crippen molar-refractivity contribution in [3.05, 3.63) is 89.0 Å². The normalized spacial score (nSPS) is 11.7. The van der Waals surface area contributed by atoms with Crippen LogP contribution in [-0.2, 0) is 26.2 Å². The fourth-order valence-corrected chi connectivity index (χ4v) is 3.33. The zero-order valence-corrected chi connectivity index (χ0v) is 18.5. The third-order valence-electron chi connectivity index (χ3n) is 4.82. The molecule has 0 saturated heterocycles. The van der Waals surface area contributed by atoms with Crippen molar-refractivity contribution < 1.29 is 4.39 Å². The van der Waals surface area contributed by atoms with E-state index in [1.54, 1.807) is 12.3 Å². The topological polar surface area (TPSA) is 57.5 Å². The third kappa shape index (κ3) is 6.93. The van der Waals surface area contributed by atoms with Crippen molar-refractivity contribution in [3.8, 4) is 0 Å². The Hall–Kier alpha value is -3.19. The monoisotopic (exact) mass is 422 g/mol. The molecule has 31 heavy (non-hydrogen) atoms. The standard InChI is InChI=1S/C24H31FN6/c1-4-26-24(27-15-19-10-11-23(25)22(14-19)17-30(2)3)28-16-20-8-5-6-9-21(20)18-31-13-7-12-29-31/h5-14H,4,15-18H2,1-3H3,(H2,26,27,28). The lowest BCUT2D eigenvalue weighted by Gasteiger charge is -2.15. The summed E-state index contributed by atoms with van der Waals surface area (Å²) in [5, 5.41) is 11.0. The van der Waals surface area contributed by atoms with Gasteiger partial charge >= 0.3 is 0 Å². The summed E-state index contributed by atoms with van der Waals surface area (Å²) < 4.78 is 16.0. The summed E-state index contributed by atoms with van der Waals surface area (Å²) in [4.78, 5) is 6.65. The van der Waals surface area contributed by atoms with Crippen molar-refractivity contribution in [3.63, 3.8) is 0 Å². The van der Waals surface area contributed by atoms with Crippen LogP contribution in [0.3, 0.4) is 0 Å². The predicted octanol–water partition coefficient (Wildman–Crippen LogP) is 3.39. The van der Waals surface area contributed by atoms with Gasteiger partial charge in [0.2, 0.25) is 0 Å². The molecule has 0 aliphatic heterocycles. The first-order chi connectivity index (χ1) is 15.0. The van der Waals surface area contributed by atoms with E-state index in [1.807, 2.05) is 61.1 Å². The van der Waals surface area contributed by atoms with Crippen molar-refractivity contribution in [2.75, 3.05) is 20.6 Å². The SMILES string of the molecule is CCNC(=NCc1ccc(F)c(CN(C)C)c1)NCc1ccccc1Cn1cccn1. The van der Waals surface area contributed by atoms with Crippen LogP contribution in [0.25, 0.3) is 0 Å². The van der Waals surface area contributed by atoms with Crippen LogP contribution >= 0.6 is 0 Å². The van der Waals surface area contributed by atoms with E-state index in [-0.39, 0.29) is 5.82 Å². The van der Waals surface area contributed by atoms with Gasteiger partial charge in [0.25, 0.3) is 0 Å². The lowest BCUT2D eigenvalue weighted by atomic mass is 10.1. The van der Waals surface area contributed by atoms with Crippen LogP contribution in [0.5, 0.6) is 0 Å². The van der Waals surface area contributed by atoms with E-state index >= 15 is 0 Å². The van der Waals surface area contributed by atoms with Gasteiger partial charge in [-0.25, -0.2) is 9.38 Å². The molecule has 2 N–H and O–H groups in total. The summed E-state index contributed by atoms with van der Waals surface area (Å²) in [6.07, 6.45) is 3.75. The fraction of sp³-hybridized carbons (Fsp3) is 0.333. The van der Waals surface area contributed by atoms with Crippen LogP contribution in [0.4, 0.5) is 4.39 Å². The average molecular weight is 423 g/mol. The molecule has 1 aromatic heterocycles. The molecule has 0 unspecified atom stereocenters. The second-order valence-electron chi connectivity index (χ2n) is 7.68. The largest absolute Gasteiger partial charge is 0.357 e. The first-order valence-corrected chi connectivity index (χ1v) is 10.5. The summed E-state index contributed by atoms with van der Waals surface area (Å²) in [5.41, 5.74) is 4.07. The van der Waals surface area contributed by atoms with Crippen molar-refractivity contribution in [2.24, 2.45) is 4.99 Å². The van der Waals surface area contributed by atoms with Gasteiger partial charge in [0, 0.05) is 37.6 Å². The number of aromatic nitrogens is 2. The van der Waals surface area contributed by atoms with E-state index in [4.69, 9.17) is 4.99 Å². The van der Waals surface area contributed by atoms with Gasteiger partial charge in [-0.3, -0.25) is 4.68 Å². The van der Waals surface area contributed by atoms with Crippen molar-refractivity contribution in [1.29, 1.82) is 0 Å². The maximum Gasteiger partial charge on any atom is 0.191 e. The Morgan fingerprint density at radius 2 is 1.87 bits per heavy atom. The lowest BCUT2D eigenvalue weighted by molar-refractivity contribution is 0.392. The Morgan fingerprint density at radius 3 is 2.58 bits per heavy atom. The minimum atomic E-state index is -0.180.